The number of nitrogens with zero attached hydrogens (tertiary/aromatic N) is 1. The van der Waals surface area contributed by atoms with Crippen molar-refractivity contribution in [2.45, 2.75) is 52.5 Å². The van der Waals surface area contributed by atoms with Gasteiger partial charge in [0.2, 0.25) is 11.8 Å². The van der Waals surface area contributed by atoms with E-state index in [0.717, 1.165) is 18.5 Å². The van der Waals surface area contributed by atoms with Crippen molar-refractivity contribution in [1.29, 1.82) is 0 Å². The molecule has 0 aliphatic carbocycles. The molecule has 0 saturated carbocycles. The molecule has 1 fully saturated rings. The zero-order chi connectivity index (χ0) is 16.8. The summed E-state index contributed by atoms with van der Waals surface area (Å²) >= 11 is 0. The number of carbonyl (C=O) groups excluding carboxylic acids is 2. The van der Waals surface area contributed by atoms with Gasteiger partial charge in [-0.25, -0.2) is 0 Å². The molecule has 2 unspecified atom stereocenters. The fraction of sp³-hybridized carbons (Fsp3) is 0.579. The predicted molar refractivity (Wildman–Crippen MR) is 93.2 cm³/mol. The molecule has 0 aromatic heterocycles. The van der Waals surface area contributed by atoms with Gasteiger partial charge in [0.1, 0.15) is 0 Å². The molecule has 0 radical (unpaired) electrons. The van der Waals surface area contributed by atoms with Crippen LogP contribution in [0, 0.1) is 11.8 Å². The molecule has 4 heteroatoms. The molecule has 2 atom stereocenters. The lowest BCUT2D eigenvalue weighted by Crippen LogP contribution is -2.38. The molecular weight excluding hydrogens is 288 g/mol. The minimum atomic E-state index is -0.241. The van der Waals surface area contributed by atoms with E-state index in [1.54, 1.807) is 4.90 Å². The van der Waals surface area contributed by atoms with Gasteiger partial charge in [0.05, 0.1) is 5.92 Å². The number of nitrogens with one attached hydrogen (secondary N) is 1. The van der Waals surface area contributed by atoms with Crippen LogP contribution in [0.3, 0.4) is 0 Å². The average molecular weight is 316 g/mol. The quantitative estimate of drug-likeness (QED) is 0.838. The summed E-state index contributed by atoms with van der Waals surface area (Å²) in [6.07, 6.45) is 3.61. The van der Waals surface area contributed by atoms with Crippen molar-refractivity contribution in [2.75, 3.05) is 11.4 Å². The Kier molecular flexibility index (Phi) is 6.20. The fourth-order valence-electron chi connectivity index (χ4n) is 3.01. The summed E-state index contributed by atoms with van der Waals surface area (Å²) in [4.78, 5) is 26.3. The first-order valence-electron chi connectivity index (χ1n) is 8.63. The Balaban J connectivity index is 1.83. The van der Waals surface area contributed by atoms with Gasteiger partial charge in [-0.2, -0.15) is 0 Å². The predicted octanol–water partition coefficient (Wildman–Crippen LogP) is 3.37. The highest BCUT2D eigenvalue weighted by Crippen LogP contribution is 2.25. The molecule has 23 heavy (non-hydrogen) atoms. The van der Waals surface area contributed by atoms with E-state index in [1.807, 2.05) is 37.3 Å². The van der Waals surface area contributed by atoms with Crippen molar-refractivity contribution >= 4 is 17.5 Å². The van der Waals surface area contributed by atoms with Crippen molar-refractivity contribution in [3.63, 3.8) is 0 Å². The summed E-state index contributed by atoms with van der Waals surface area (Å²) in [6.45, 7) is 6.95. The molecule has 1 saturated heterocycles. The molecule has 1 N–H and O–H groups in total. The summed E-state index contributed by atoms with van der Waals surface area (Å²) in [7, 11) is 0. The highest BCUT2D eigenvalue weighted by molar-refractivity contribution is 6.00. The Morgan fingerprint density at radius 2 is 1.91 bits per heavy atom. The Bertz CT molecular complexity index is 527. The monoisotopic (exact) mass is 316 g/mol. The van der Waals surface area contributed by atoms with Gasteiger partial charge in [0, 0.05) is 24.7 Å². The highest BCUT2D eigenvalue weighted by Gasteiger charge is 2.35. The lowest BCUT2D eigenvalue weighted by Gasteiger charge is -2.18. The zero-order valence-electron chi connectivity index (χ0n) is 14.4. The summed E-state index contributed by atoms with van der Waals surface area (Å²) in [6, 6.07) is 9.73. The van der Waals surface area contributed by atoms with Crippen LogP contribution in [0.1, 0.15) is 46.5 Å². The second-order valence-electron chi connectivity index (χ2n) is 6.98. The van der Waals surface area contributed by atoms with E-state index in [1.165, 1.54) is 6.42 Å². The Morgan fingerprint density at radius 1 is 1.22 bits per heavy atom. The van der Waals surface area contributed by atoms with Crippen LogP contribution in [0.25, 0.3) is 0 Å². The largest absolute Gasteiger partial charge is 0.353 e. The van der Waals surface area contributed by atoms with E-state index in [4.69, 9.17) is 0 Å². The summed E-state index contributed by atoms with van der Waals surface area (Å²) < 4.78 is 0. The molecule has 1 aromatic carbocycles. The number of benzene rings is 1. The molecule has 126 valence electrons. The molecule has 1 aliphatic heterocycles. The van der Waals surface area contributed by atoms with Crippen molar-refractivity contribution in [3.05, 3.63) is 30.3 Å². The topological polar surface area (TPSA) is 49.4 Å². The fourth-order valence-corrected chi connectivity index (χ4v) is 3.01. The first-order valence-corrected chi connectivity index (χ1v) is 8.63. The van der Waals surface area contributed by atoms with Crippen LogP contribution in [0.4, 0.5) is 5.69 Å². The number of rotatable bonds is 7. The number of para-hydroxylation sites is 1. The van der Waals surface area contributed by atoms with Gasteiger partial charge in [-0.1, -0.05) is 44.9 Å². The normalized spacial score (nSPS) is 19.2. The number of amides is 2. The number of hydrogen-bond donors (Lipinski definition) is 1. The third-order valence-electron chi connectivity index (χ3n) is 4.37. The minimum absolute atomic E-state index is 0.00817. The SMILES string of the molecule is CC(C)CCCC(C)NC(=O)C1CC(=O)N(c2ccccc2)C1. The standard InChI is InChI=1S/C19H28N2O2/c1-14(2)8-7-9-15(3)20-19(23)16-12-18(22)21(13-16)17-10-5-4-6-11-17/h4-6,10-11,14-16H,7-9,12-13H2,1-3H3,(H,20,23). The van der Waals surface area contributed by atoms with E-state index in [0.29, 0.717) is 18.9 Å². The number of hydrogen-bond acceptors (Lipinski definition) is 2. The molecule has 1 aromatic rings. The summed E-state index contributed by atoms with van der Waals surface area (Å²) in [5.74, 6) is 0.498. The van der Waals surface area contributed by atoms with Crippen molar-refractivity contribution in [3.8, 4) is 0 Å². The maximum Gasteiger partial charge on any atom is 0.227 e. The highest BCUT2D eigenvalue weighted by atomic mass is 16.2. The second kappa shape index (κ2) is 8.14. The molecule has 4 nitrogen and oxygen atoms in total. The summed E-state index contributed by atoms with van der Waals surface area (Å²) in [5.41, 5.74) is 0.873. The van der Waals surface area contributed by atoms with Crippen molar-refractivity contribution in [1.82, 2.24) is 5.32 Å². The van der Waals surface area contributed by atoms with Crippen LogP contribution in [0.2, 0.25) is 0 Å². The van der Waals surface area contributed by atoms with Gasteiger partial charge < -0.3 is 10.2 Å². The van der Waals surface area contributed by atoms with E-state index in [2.05, 4.69) is 19.2 Å². The van der Waals surface area contributed by atoms with Gasteiger partial charge in [-0.15, -0.1) is 0 Å². The van der Waals surface area contributed by atoms with Crippen molar-refractivity contribution in [2.24, 2.45) is 11.8 Å². The minimum Gasteiger partial charge on any atom is -0.353 e. The van der Waals surface area contributed by atoms with E-state index < -0.39 is 0 Å². The first-order chi connectivity index (χ1) is 11.0. The third-order valence-corrected chi connectivity index (χ3v) is 4.37. The van der Waals surface area contributed by atoms with Gasteiger partial charge in [-0.3, -0.25) is 9.59 Å². The van der Waals surface area contributed by atoms with Crippen molar-refractivity contribution < 1.29 is 9.59 Å². The van der Waals surface area contributed by atoms with Crippen LogP contribution in [-0.4, -0.2) is 24.4 Å². The van der Waals surface area contributed by atoms with Gasteiger partial charge in [0.15, 0.2) is 0 Å². The Hall–Kier alpha value is -1.84. The van der Waals surface area contributed by atoms with Gasteiger partial charge in [0.25, 0.3) is 0 Å². The molecule has 1 heterocycles. The van der Waals surface area contributed by atoms with E-state index in [9.17, 15) is 9.59 Å². The first kappa shape index (κ1) is 17.5. The molecule has 2 amide bonds. The van der Waals surface area contributed by atoms with Crippen LogP contribution in [0.5, 0.6) is 0 Å². The number of carbonyl (C=O) groups is 2. The van der Waals surface area contributed by atoms with E-state index in [-0.39, 0.29) is 23.8 Å². The summed E-state index contributed by atoms with van der Waals surface area (Å²) in [5, 5.41) is 3.07. The molecule has 2 rings (SSSR count). The lowest BCUT2D eigenvalue weighted by molar-refractivity contribution is -0.126. The van der Waals surface area contributed by atoms with Gasteiger partial charge in [-0.05, 0) is 31.4 Å². The van der Waals surface area contributed by atoms with Crippen LogP contribution in [0.15, 0.2) is 30.3 Å². The maximum atomic E-state index is 12.4. The molecule has 1 aliphatic rings. The lowest BCUT2D eigenvalue weighted by atomic mass is 10.0. The van der Waals surface area contributed by atoms with Crippen LogP contribution in [-0.2, 0) is 9.59 Å². The third kappa shape index (κ3) is 5.08. The Morgan fingerprint density at radius 3 is 2.57 bits per heavy atom. The van der Waals surface area contributed by atoms with Gasteiger partial charge >= 0.3 is 0 Å². The second-order valence-corrected chi connectivity index (χ2v) is 6.98. The average Bonchev–Trinajstić information content (AvgIpc) is 2.90. The smallest absolute Gasteiger partial charge is 0.227 e. The zero-order valence-corrected chi connectivity index (χ0v) is 14.4. The number of anilines is 1. The molecule has 0 bridgehead atoms. The maximum absolute atomic E-state index is 12.4. The molecule has 0 spiro atoms. The van der Waals surface area contributed by atoms with Crippen LogP contribution < -0.4 is 10.2 Å². The Labute approximate surface area is 139 Å². The van der Waals surface area contributed by atoms with E-state index >= 15 is 0 Å². The molecular formula is C19H28N2O2. The van der Waals surface area contributed by atoms with Crippen LogP contribution >= 0.6 is 0 Å².